The Bertz CT molecular complexity index is 1190. The van der Waals surface area contributed by atoms with Gasteiger partial charge in [0.15, 0.2) is 5.75 Å². The largest absolute Gasteiger partial charge is 0.455 e. The summed E-state index contributed by atoms with van der Waals surface area (Å²) in [6, 6.07) is 12.9. The van der Waals surface area contributed by atoms with Crippen molar-refractivity contribution in [2.45, 2.75) is 6.92 Å². The number of nitrogens with two attached hydrogens (primary N) is 1. The summed E-state index contributed by atoms with van der Waals surface area (Å²) in [5.41, 5.74) is 6.72. The van der Waals surface area contributed by atoms with Crippen LogP contribution in [0.2, 0.25) is 0 Å². The van der Waals surface area contributed by atoms with Crippen molar-refractivity contribution in [3.05, 3.63) is 69.8 Å². The van der Waals surface area contributed by atoms with Crippen molar-refractivity contribution >= 4 is 55.4 Å². The highest BCUT2D eigenvalue weighted by molar-refractivity contribution is 14.1. The van der Waals surface area contributed by atoms with E-state index in [1.807, 2.05) is 22.6 Å². The molecule has 158 valence electrons. The van der Waals surface area contributed by atoms with Gasteiger partial charge in [-0.3, -0.25) is 4.72 Å². The molecule has 6 nitrogen and oxygen atoms in total. The van der Waals surface area contributed by atoms with Crippen molar-refractivity contribution in [2.75, 3.05) is 21.5 Å². The van der Waals surface area contributed by atoms with Crippen molar-refractivity contribution in [1.82, 2.24) is 0 Å². The summed E-state index contributed by atoms with van der Waals surface area (Å²) in [5.74, 6) is -0.993. The third-order valence-electron chi connectivity index (χ3n) is 4.02. The smallest absolute Gasteiger partial charge is 0.232 e. The fourth-order valence-corrected chi connectivity index (χ4v) is 3.60. The van der Waals surface area contributed by atoms with Crippen LogP contribution >= 0.6 is 22.6 Å². The van der Waals surface area contributed by atoms with Gasteiger partial charge in [0.05, 0.1) is 28.5 Å². The predicted octanol–water partition coefficient (Wildman–Crippen LogP) is 5.45. The van der Waals surface area contributed by atoms with Crippen LogP contribution in [0.3, 0.4) is 0 Å². The molecule has 0 aliphatic carbocycles. The summed E-state index contributed by atoms with van der Waals surface area (Å²) >= 11 is 1.98. The molecule has 0 aliphatic heterocycles. The molecule has 3 aromatic carbocycles. The van der Waals surface area contributed by atoms with E-state index in [1.165, 1.54) is 25.1 Å². The maximum Gasteiger partial charge on any atom is 0.232 e. The quantitative estimate of drug-likeness (QED) is 0.271. The van der Waals surface area contributed by atoms with Crippen LogP contribution in [0.4, 0.5) is 31.5 Å². The van der Waals surface area contributed by atoms with Crippen molar-refractivity contribution in [1.29, 1.82) is 0 Å². The summed E-state index contributed by atoms with van der Waals surface area (Å²) in [6.07, 6.45) is 0. The van der Waals surface area contributed by atoms with Gasteiger partial charge < -0.3 is 15.8 Å². The van der Waals surface area contributed by atoms with E-state index >= 15 is 0 Å². The van der Waals surface area contributed by atoms with E-state index in [1.54, 1.807) is 24.3 Å². The Kier molecular flexibility index (Phi) is 6.66. The number of hydrogen-bond donors (Lipinski definition) is 3. The van der Waals surface area contributed by atoms with Gasteiger partial charge in [-0.1, -0.05) is 6.07 Å². The Morgan fingerprint density at radius 1 is 1.07 bits per heavy atom. The molecule has 0 bridgehead atoms. The highest BCUT2D eigenvalue weighted by atomic mass is 127. The molecular weight excluding hydrogens is 527 g/mol. The molecule has 3 rings (SSSR count). The van der Waals surface area contributed by atoms with Crippen molar-refractivity contribution in [2.24, 2.45) is 0 Å². The van der Waals surface area contributed by atoms with Crippen LogP contribution in [0.15, 0.2) is 54.6 Å². The second-order valence-corrected chi connectivity index (χ2v) is 9.51. The first-order valence-electron chi connectivity index (χ1n) is 8.76. The minimum absolute atomic E-state index is 0.00100. The second kappa shape index (κ2) is 9.04. The summed E-state index contributed by atoms with van der Waals surface area (Å²) in [6.45, 7) is 1.52. The Morgan fingerprint density at radius 2 is 1.83 bits per heavy atom. The van der Waals surface area contributed by atoms with Gasteiger partial charge in [0, 0.05) is 15.7 Å². The summed E-state index contributed by atoms with van der Waals surface area (Å²) in [7, 11) is -3.46. The number of ether oxygens (including phenoxy) is 1. The van der Waals surface area contributed by atoms with Gasteiger partial charge >= 0.3 is 0 Å². The standard InChI is InChI=1S/C20H18F2IN3O3S/c1-2-30(27,28)26-14-4-3-5-15(11-14)29-19-9-12(21)8-18(20(19)24)25-17-7-6-13(23)10-16(17)22/h3-11,25-26H,2,24H2,1H3. The molecule has 0 heterocycles. The van der Waals surface area contributed by atoms with Crippen molar-refractivity contribution in [3.8, 4) is 11.5 Å². The average molecular weight is 545 g/mol. The minimum atomic E-state index is -3.46. The number of nitrogens with one attached hydrogen (secondary N) is 2. The predicted molar refractivity (Wildman–Crippen MR) is 123 cm³/mol. The van der Waals surface area contributed by atoms with Crippen LogP contribution in [0.25, 0.3) is 0 Å². The zero-order valence-electron chi connectivity index (χ0n) is 15.7. The number of nitrogen functional groups attached to an aromatic ring is 1. The van der Waals surface area contributed by atoms with Gasteiger partial charge in [0.1, 0.15) is 17.4 Å². The van der Waals surface area contributed by atoms with Crippen LogP contribution in [0.5, 0.6) is 11.5 Å². The molecule has 0 unspecified atom stereocenters. The number of halogens is 3. The first-order valence-corrected chi connectivity index (χ1v) is 11.5. The average Bonchev–Trinajstić information content (AvgIpc) is 2.67. The zero-order valence-corrected chi connectivity index (χ0v) is 18.7. The Morgan fingerprint density at radius 3 is 2.53 bits per heavy atom. The number of benzene rings is 3. The van der Waals surface area contributed by atoms with E-state index in [9.17, 15) is 17.2 Å². The summed E-state index contributed by atoms with van der Waals surface area (Å²) in [5, 5.41) is 2.77. The number of rotatable bonds is 7. The lowest BCUT2D eigenvalue weighted by atomic mass is 10.2. The van der Waals surface area contributed by atoms with Crippen LogP contribution in [-0.4, -0.2) is 14.2 Å². The Hall–Kier alpha value is -2.60. The third-order valence-corrected chi connectivity index (χ3v) is 6.00. The van der Waals surface area contributed by atoms with E-state index in [0.29, 0.717) is 9.26 Å². The Labute approximate surface area is 186 Å². The van der Waals surface area contributed by atoms with Gasteiger partial charge in [0.25, 0.3) is 0 Å². The lowest BCUT2D eigenvalue weighted by Gasteiger charge is -2.15. The van der Waals surface area contributed by atoms with Gasteiger partial charge in [-0.05, 0) is 65.9 Å². The highest BCUT2D eigenvalue weighted by Gasteiger charge is 2.14. The van der Waals surface area contributed by atoms with E-state index in [0.717, 1.165) is 12.1 Å². The van der Waals surface area contributed by atoms with Crippen LogP contribution in [0, 0.1) is 15.2 Å². The first kappa shape index (κ1) is 22.1. The van der Waals surface area contributed by atoms with Crippen LogP contribution < -0.4 is 20.5 Å². The van der Waals surface area contributed by atoms with Crippen molar-refractivity contribution < 1.29 is 21.9 Å². The lowest BCUT2D eigenvalue weighted by molar-refractivity contribution is 0.480. The van der Waals surface area contributed by atoms with Crippen LogP contribution in [0.1, 0.15) is 6.92 Å². The number of anilines is 4. The van der Waals surface area contributed by atoms with E-state index < -0.39 is 21.7 Å². The SMILES string of the molecule is CCS(=O)(=O)Nc1cccc(Oc2cc(F)cc(Nc3ccc(I)cc3F)c2N)c1. The van der Waals surface area contributed by atoms with Crippen molar-refractivity contribution in [3.63, 3.8) is 0 Å². The number of sulfonamides is 1. The van der Waals surface area contributed by atoms with Gasteiger partial charge in [0.2, 0.25) is 10.0 Å². The summed E-state index contributed by atoms with van der Waals surface area (Å²) in [4.78, 5) is 0. The molecule has 0 saturated carbocycles. The first-order chi connectivity index (χ1) is 14.2. The number of hydrogen-bond acceptors (Lipinski definition) is 5. The summed E-state index contributed by atoms with van der Waals surface area (Å²) < 4.78 is 60.6. The molecular formula is C20H18F2IN3O3S. The minimum Gasteiger partial charge on any atom is -0.455 e. The molecule has 0 atom stereocenters. The highest BCUT2D eigenvalue weighted by Crippen LogP contribution is 2.37. The van der Waals surface area contributed by atoms with E-state index in [4.69, 9.17) is 10.5 Å². The molecule has 0 aliphatic rings. The molecule has 0 aromatic heterocycles. The molecule has 3 aromatic rings. The van der Waals surface area contributed by atoms with Crippen LogP contribution in [-0.2, 0) is 10.0 Å². The molecule has 0 saturated heterocycles. The molecule has 0 radical (unpaired) electrons. The fourth-order valence-electron chi connectivity index (χ4n) is 2.52. The lowest BCUT2D eigenvalue weighted by Crippen LogP contribution is -2.14. The third kappa shape index (κ3) is 5.51. The van der Waals surface area contributed by atoms with Gasteiger partial charge in [-0.2, -0.15) is 0 Å². The molecule has 0 spiro atoms. The zero-order chi connectivity index (χ0) is 21.9. The maximum atomic E-state index is 14.2. The molecule has 4 N–H and O–H groups in total. The molecule has 0 amide bonds. The maximum absolute atomic E-state index is 14.2. The fraction of sp³-hybridized carbons (Fsp3) is 0.100. The molecule has 0 fully saturated rings. The Balaban J connectivity index is 1.89. The second-order valence-electron chi connectivity index (χ2n) is 6.25. The molecule has 10 heteroatoms. The topological polar surface area (TPSA) is 93.5 Å². The monoisotopic (exact) mass is 545 g/mol. The normalized spacial score (nSPS) is 11.2. The van der Waals surface area contributed by atoms with E-state index in [-0.39, 0.29) is 34.3 Å². The molecule has 30 heavy (non-hydrogen) atoms. The van der Waals surface area contributed by atoms with Gasteiger partial charge in [-0.25, -0.2) is 17.2 Å². The van der Waals surface area contributed by atoms with E-state index in [2.05, 4.69) is 10.0 Å². The van der Waals surface area contributed by atoms with Gasteiger partial charge in [-0.15, -0.1) is 0 Å².